The second-order valence-corrected chi connectivity index (χ2v) is 5.90. The van der Waals surface area contributed by atoms with E-state index in [0.29, 0.717) is 31.8 Å². The van der Waals surface area contributed by atoms with Crippen molar-refractivity contribution in [2.24, 2.45) is 0 Å². The molecular weight excluding hydrogens is 297 g/mol. The van der Waals surface area contributed by atoms with Crippen LogP contribution in [0, 0.1) is 5.82 Å². The summed E-state index contributed by atoms with van der Waals surface area (Å²) in [5, 5.41) is 10.1. The van der Waals surface area contributed by atoms with Crippen LogP contribution >= 0.6 is 0 Å². The lowest BCUT2D eigenvalue weighted by atomic mass is 10.1. The van der Waals surface area contributed by atoms with Crippen molar-refractivity contribution in [2.45, 2.75) is 31.6 Å². The minimum atomic E-state index is -0.622. The van der Waals surface area contributed by atoms with Crippen molar-refractivity contribution in [3.05, 3.63) is 48.3 Å². The largest absolute Gasteiger partial charge is 0.389 e. The molecule has 0 saturated carbocycles. The molecule has 2 rings (SSSR count). The fraction of sp³-hybridized carbons (Fsp3) is 0.556. The summed E-state index contributed by atoms with van der Waals surface area (Å²) in [6.45, 7) is 6.57. The smallest absolute Gasteiger partial charge is 0.127 e. The van der Waals surface area contributed by atoms with Crippen LogP contribution in [-0.4, -0.2) is 55.1 Å². The average molecular weight is 323 g/mol. The van der Waals surface area contributed by atoms with E-state index in [2.05, 4.69) is 6.58 Å². The number of benzene rings is 1. The van der Waals surface area contributed by atoms with E-state index in [0.717, 1.165) is 19.4 Å². The van der Waals surface area contributed by atoms with E-state index in [4.69, 9.17) is 9.47 Å². The highest BCUT2D eigenvalue weighted by atomic mass is 19.1. The number of hydrogen-bond acceptors (Lipinski definition) is 4. The van der Waals surface area contributed by atoms with Crippen LogP contribution in [0.2, 0.25) is 0 Å². The van der Waals surface area contributed by atoms with Crippen LogP contribution in [0.4, 0.5) is 4.39 Å². The molecule has 5 heteroatoms. The molecule has 0 aliphatic carbocycles. The lowest BCUT2D eigenvalue weighted by molar-refractivity contribution is 0.00830. The Morgan fingerprint density at radius 3 is 3.00 bits per heavy atom. The first kappa shape index (κ1) is 18.1. The molecule has 2 atom stereocenters. The third-order valence-corrected chi connectivity index (χ3v) is 3.85. The molecule has 1 aromatic carbocycles. The normalized spacial score (nSPS) is 19.2. The molecule has 0 spiro atoms. The van der Waals surface area contributed by atoms with Crippen molar-refractivity contribution in [2.75, 3.05) is 32.9 Å². The molecule has 0 radical (unpaired) electrons. The number of aliphatic hydroxyl groups is 1. The van der Waals surface area contributed by atoms with Crippen molar-refractivity contribution >= 4 is 0 Å². The Bertz CT molecular complexity index is 477. The summed E-state index contributed by atoms with van der Waals surface area (Å²) in [6, 6.07) is 6.75. The highest BCUT2D eigenvalue weighted by molar-refractivity contribution is 5.17. The van der Waals surface area contributed by atoms with Crippen LogP contribution in [0.15, 0.2) is 36.9 Å². The number of aliphatic hydroxyl groups excluding tert-OH is 1. The van der Waals surface area contributed by atoms with Gasteiger partial charge in [0.25, 0.3) is 0 Å². The van der Waals surface area contributed by atoms with Gasteiger partial charge < -0.3 is 14.6 Å². The minimum Gasteiger partial charge on any atom is -0.389 e. The fourth-order valence-electron chi connectivity index (χ4n) is 2.79. The van der Waals surface area contributed by atoms with Crippen molar-refractivity contribution < 1.29 is 19.0 Å². The van der Waals surface area contributed by atoms with Gasteiger partial charge in [-0.3, -0.25) is 4.90 Å². The first-order chi connectivity index (χ1) is 11.2. The molecule has 0 unspecified atom stereocenters. The molecule has 1 saturated heterocycles. The van der Waals surface area contributed by atoms with Crippen molar-refractivity contribution in [1.29, 1.82) is 0 Å². The molecule has 128 valence electrons. The zero-order valence-corrected chi connectivity index (χ0v) is 13.5. The third kappa shape index (κ3) is 6.39. The number of rotatable bonds is 10. The molecule has 1 aromatic rings. The van der Waals surface area contributed by atoms with Crippen LogP contribution in [0.3, 0.4) is 0 Å². The van der Waals surface area contributed by atoms with Gasteiger partial charge in [-0.25, -0.2) is 4.39 Å². The van der Waals surface area contributed by atoms with Gasteiger partial charge in [-0.1, -0.05) is 24.3 Å². The highest BCUT2D eigenvalue weighted by Gasteiger charge is 2.22. The van der Waals surface area contributed by atoms with Gasteiger partial charge in [0.2, 0.25) is 0 Å². The van der Waals surface area contributed by atoms with Gasteiger partial charge in [0, 0.05) is 31.8 Å². The summed E-state index contributed by atoms with van der Waals surface area (Å²) in [5.74, 6) is -0.220. The topological polar surface area (TPSA) is 41.9 Å². The monoisotopic (exact) mass is 323 g/mol. The van der Waals surface area contributed by atoms with Crippen LogP contribution < -0.4 is 0 Å². The van der Waals surface area contributed by atoms with E-state index in [1.165, 1.54) is 6.07 Å². The number of nitrogens with zero attached hydrogens (tertiary/aromatic N) is 1. The predicted octanol–water partition coefficient (Wildman–Crippen LogP) is 2.37. The van der Waals surface area contributed by atoms with Crippen LogP contribution in [0.25, 0.3) is 0 Å². The van der Waals surface area contributed by atoms with Crippen molar-refractivity contribution in [3.8, 4) is 0 Å². The maximum atomic E-state index is 13.9. The summed E-state index contributed by atoms with van der Waals surface area (Å²) >= 11 is 0. The van der Waals surface area contributed by atoms with Gasteiger partial charge in [-0.15, -0.1) is 6.58 Å². The minimum absolute atomic E-state index is 0.156. The van der Waals surface area contributed by atoms with Gasteiger partial charge in [-0.05, 0) is 18.9 Å². The molecular formula is C18H26FNO3. The lowest BCUT2D eigenvalue weighted by Gasteiger charge is -2.27. The molecule has 0 bridgehead atoms. The first-order valence-corrected chi connectivity index (χ1v) is 8.13. The summed E-state index contributed by atoms with van der Waals surface area (Å²) in [6.07, 6.45) is 3.25. The quantitative estimate of drug-likeness (QED) is 0.530. The maximum Gasteiger partial charge on any atom is 0.127 e. The van der Waals surface area contributed by atoms with Crippen LogP contribution in [0.1, 0.15) is 18.4 Å². The third-order valence-electron chi connectivity index (χ3n) is 3.85. The Balaban J connectivity index is 1.93. The first-order valence-electron chi connectivity index (χ1n) is 8.13. The van der Waals surface area contributed by atoms with Crippen LogP contribution in [0.5, 0.6) is 0 Å². The van der Waals surface area contributed by atoms with Gasteiger partial charge in [0.15, 0.2) is 0 Å². The lowest BCUT2D eigenvalue weighted by Crippen LogP contribution is -2.39. The van der Waals surface area contributed by atoms with Crippen molar-refractivity contribution in [1.82, 2.24) is 4.90 Å². The highest BCUT2D eigenvalue weighted by Crippen LogP contribution is 2.16. The molecule has 1 aliphatic rings. The SMILES string of the molecule is C=CCOC[C@H](O)CN(Cc1ccccc1F)C[C@H]1CCCO1. The molecule has 1 aliphatic heterocycles. The van der Waals surface area contributed by atoms with Gasteiger partial charge in [0.05, 0.1) is 25.4 Å². The second-order valence-electron chi connectivity index (χ2n) is 5.90. The zero-order chi connectivity index (χ0) is 16.5. The van der Waals surface area contributed by atoms with E-state index in [-0.39, 0.29) is 18.5 Å². The maximum absolute atomic E-state index is 13.9. The Morgan fingerprint density at radius 2 is 2.30 bits per heavy atom. The average Bonchev–Trinajstić information content (AvgIpc) is 3.03. The summed E-state index contributed by atoms with van der Waals surface area (Å²) in [5.41, 5.74) is 0.629. The van der Waals surface area contributed by atoms with Crippen molar-refractivity contribution in [3.63, 3.8) is 0 Å². The Morgan fingerprint density at radius 1 is 1.48 bits per heavy atom. The molecule has 0 aromatic heterocycles. The summed E-state index contributed by atoms with van der Waals surface area (Å²) in [7, 11) is 0. The van der Waals surface area contributed by atoms with E-state index in [9.17, 15) is 9.50 Å². The number of halogens is 1. The Hall–Kier alpha value is -1.27. The number of ether oxygens (including phenoxy) is 2. The molecule has 4 nitrogen and oxygen atoms in total. The Labute approximate surface area is 137 Å². The molecule has 1 N–H and O–H groups in total. The molecule has 23 heavy (non-hydrogen) atoms. The summed E-state index contributed by atoms with van der Waals surface area (Å²) in [4.78, 5) is 2.04. The predicted molar refractivity (Wildman–Crippen MR) is 87.7 cm³/mol. The molecule has 0 amide bonds. The van der Waals surface area contributed by atoms with Crippen LogP contribution in [-0.2, 0) is 16.0 Å². The van der Waals surface area contributed by atoms with E-state index < -0.39 is 6.10 Å². The van der Waals surface area contributed by atoms with E-state index in [1.807, 2.05) is 11.0 Å². The van der Waals surface area contributed by atoms with E-state index in [1.54, 1.807) is 18.2 Å². The standard InChI is InChI=1S/C18H26FNO3/c1-2-9-22-14-16(21)12-20(13-17-7-5-10-23-17)11-15-6-3-4-8-18(15)19/h2-4,6,8,16-17,21H,1,5,7,9-14H2/t16-,17-/m1/s1. The van der Waals surface area contributed by atoms with Gasteiger partial charge in [-0.2, -0.15) is 0 Å². The zero-order valence-electron chi connectivity index (χ0n) is 13.5. The van der Waals surface area contributed by atoms with Gasteiger partial charge in [0.1, 0.15) is 5.82 Å². The van der Waals surface area contributed by atoms with E-state index >= 15 is 0 Å². The molecule has 1 fully saturated rings. The Kier molecular flexibility index (Phi) is 7.68. The second kappa shape index (κ2) is 9.78. The molecule has 1 heterocycles. The summed E-state index contributed by atoms with van der Waals surface area (Å²) < 4.78 is 24.9. The number of hydrogen-bond donors (Lipinski definition) is 1. The van der Waals surface area contributed by atoms with Gasteiger partial charge >= 0.3 is 0 Å². The fourth-order valence-corrected chi connectivity index (χ4v) is 2.79.